The second kappa shape index (κ2) is 9.37. The van der Waals surface area contributed by atoms with Crippen LogP contribution in [0.2, 0.25) is 0 Å². The molecule has 0 spiro atoms. The van der Waals surface area contributed by atoms with Crippen molar-refractivity contribution in [3.63, 3.8) is 0 Å². The van der Waals surface area contributed by atoms with Crippen molar-refractivity contribution in [2.24, 2.45) is 5.10 Å². The Labute approximate surface area is 180 Å². The summed E-state index contributed by atoms with van der Waals surface area (Å²) in [5.41, 5.74) is -1.02. The molecule has 0 radical (unpaired) electrons. The maximum absolute atomic E-state index is 14.1. The standard InChI is InChI=1S/C22H19F5N2O3/c1-4-5-8-32-14-7-6-12(10-15(14)31-3)9-13-11(2)28-29(22(13)30)21-19(26)17(24)16(23)18(25)20(21)27/h6-7,9-10H,4-5,8H2,1-3H3/b13-9+. The Bertz CT molecular complexity index is 1100. The van der Waals surface area contributed by atoms with Crippen molar-refractivity contribution in [1.82, 2.24) is 0 Å². The van der Waals surface area contributed by atoms with E-state index >= 15 is 0 Å². The maximum Gasteiger partial charge on any atom is 0.280 e. The number of nitrogens with zero attached hydrogens (tertiary/aromatic N) is 2. The Balaban J connectivity index is 1.96. The Hall–Kier alpha value is -3.43. The van der Waals surface area contributed by atoms with E-state index in [1.165, 1.54) is 20.1 Å². The van der Waals surface area contributed by atoms with Gasteiger partial charge in [-0.05, 0) is 37.1 Å². The first kappa shape index (κ1) is 23.2. The number of hydrogen-bond acceptors (Lipinski definition) is 4. The van der Waals surface area contributed by atoms with Crippen LogP contribution in [0.15, 0.2) is 28.9 Å². The monoisotopic (exact) mass is 454 g/mol. The van der Waals surface area contributed by atoms with Crippen LogP contribution >= 0.6 is 0 Å². The van der Waals surface area contributed by atoms with Crippen LogP contribution in [0.1, 0.15) is 32.3 Å². The average Bonchev–Trinajstić information content (AvgIpc) is 3.05. The minimum atomic E-state index is -2.32. The van der Waals surface area contributed by atoms with E-state index in [0.29, 0.717) is 23.7 Å². The van der Waals surface area contributed by atoms with Gasteiger partial charge in [0.1, 0.15) is 5.69 Å². The molecule has 2 aromatic carbocycles. The third-order valence-corrected chi connectivity index (χ3v) is 4.72. The molecule has 0 saturated carbocycles. The molecular formula is C22H19F5N2O3. The second-order valence-corrected chi connectivity index (χ2v) is 6.89. The Kier molecular flexibility index (Phi) is 6.81. The van der Waals surface area contributed by atoms with Crippen molar-refractivity contribution in [2.45, 2.75) is 26.7 Å². The van der Waals surface area contributed by atoms with Crippen LogP contribution in [0.3, 0.4) is 0 Å². The van der Waals surface area contributed by atoms with Crippen LogP contribution < -0.4 is 14.5 Å². The van der Waals surface area contributed by atoms with Crippen molar-refractivity contribution in [3.8, 4) is 11.5 Å². The van der Waals surface area contributed by atoms with Gasteiger partial charge in [-0.15, -0.1) is 0 Å². The molecule has 0 bridgehead atoms. The highest BCUT2D eigenvalue weighted by atomic mass is 19.2. The molecule has 1 amide bonds. The second-order valence-electron chi connectivity index (χ2n) is 6.89. The normalized spacial score (nSPS) is 14.9. The van der Waals surface area contributed by atoms with E-state index in [2.05, 4.69) is 5.10 Å². The van der Waals surface area contributed by atoms with Crippen molar-refractivity contribution in [1.29, 1.82) is 0 Å². The number of hydrogen-bond donors (Lipinski definition) is 0. The number of methoxy groups -OCH3 is 1. The lowest BCUT2D eigenvalue weighted by Crippen LogP contribution is -2.25. The molecule has 32 heavy (non-hydrogen) atoms. The van der Waals surface area contributed by atoms with E-state index in [1.807, 2.05) is 6.92 Å². The average molecular weight is 454 g/mol. The molecule has 0 unspecified atom stereocenters. The number of amides is 1. The summed E-state index contributed by atoms with van der Waals surface area (Å²) in [6.45, 7) is 3.89. The molecule has 1 aliphatic rings. The SMILES string of the molecule is CCCCOc1ccc(/C=C2/C(=O)N(c3c(F)c(F)c(F)c(F)c3F)N=C2C)cc1OC. The van der Waals surface area contributed by atoms with E-state index in [1.54, 1.807) is 18.2 Å². The highest BCUT2D eigenvalue weighted by Gasteiger charge is 2.37. The lowest BCUT2D eigenvalue weighted by atomic mass is 10.1. The Morgan fingerprint density at radius 3 is 2.22 bits per heavy atom. The summed E-state index contributed by atoms with van der Waals surface area (Å²) in [5.74, 6) is -11.1. The van der Waals surface area contributed by atoms with Crippen LogP contribution in [-0.4, -0.2) is 25.3 Å². The van der Waals surface area contributed by atoms with Gasteiger partial charge in [-0.25, -0.2) is 22.0 Å². The molecule has 0 fully saturated rings. The predicted molar refractivity (Wildman–Crippen MR) is 108 cm³/mol. The number of ether oxygens (including phenoxy) is 2. The van der Waals surface area contributed by atoms with Crippen LogP contribution in [0.25, 0.3) is 6.08 Å². The summed E-state index contributed by atoms with van der Waals surface area (Å²) in [7, 11) is 1.44. The van der Waals surface area contributed by atoms with Gasteiger partial charge in [0.05, 0.1) is 25.0 Å². The topological polar surface area (TPSA) is 51.1 Å². The van der Waals surface area contributed by atoms with Gasteiger partial charge in [-0.1, -0.05) is 19.4 Å². The smallest absolute Gasteiger partial charge is 0.280 e. The number of carbonyl (C=O) groups excluding carboxylic acids is 1. The summed E-state index contributed by atoms with van der Waals surface area (Å²) in [5, 5.41) is 3.86. The Morgan fingerprint density at radius 2 is 1.62 bits per heavy atom. The molecule has 170 valence electrons. The van der Waals surface area contributed by atoms with Crippen molar-refractivity contribution in [2.75, 3.05) is 18.7 Å². The number of rotatable bonds is 7. The molecule has 0 aliphatic carbocycles. The summed E-state index contributed by atoms with van der Waals surface area (Å²) < 4.78 is 79.7. The largest absolute Gasteiger partial charge is 0.493 e. The summed E-state index contributed by atoms with van der Waals surface area (Å²) >= 11 is 0. The van der Waals surface area contributed by atoms with Crippen molar-refractivity contribution < 1.29 is 36.2 Å². The minimum absolute atomic E-state index is 0.0289. The van der Waals surface area contributed by atoms with E-state index in [4.69, 9.17) is 9.47 Å². The molecule has 0 N–H and O–H groups in total. The molecule has 5 nitrogen and oxygen atoms in total. The third-order valence-electron chi connectivity index (χ3n) is 4.72. The molecule has 1 heterocycles. The number of halogens is 5. The number of carbonyl (C=O) groups is 1. The van der Waals surface area contributed by atoms with Gasteiger partial charge >= 0.3 is 0 Å². The molecule has 0 aromatic heterocycles. The van der Waals surface area contributed by atoms with Crippen LogP contribution in [0, 0.1) is 29.1 Å². The molecule has 10 heteroatoms. The number of hydrazone groups is 1. The maximum atomic E-state index is 14.1. The van der Waals surface area contributed by atoms with Gasteiger partial charge in [0.25, 0.3) is 5.91 Å². The Morgan fingerprint density at radius 1 is 1.00 bits per heavy atom. The zero-order valence-corrected chi connectivity index (χ0v) is 17.4. The lowest BCUT2D eigenvalue weighted by Gasteiger charge is -2.15. The van der Waals surface area contributed by atoms with E-state index < -0.39 is 40.7 Å². The fourth-order valence-corrected chi connectivity index (χ4v) is 3.00. The molecule has 0 atom stereocenters. The van der Waals surface area contributed by atoms with Gasteiger partial charge in [0.2, 0.25) is 5.82 Å². The van der Waals surface area contributed by atoms with Crippen molar-refractivity contribution >= 4 is 23.4 Å². The lowest BCUT2D eigenvalue weighted by molar-refractivity contribution is -0.114. The van der Waals surface area contributed by atoms with Gasteiger partial charge < -0.3 is 9.47 Å². The third kappa shape index (κ3) is 4.17. The number of unbranched alkanes of at least 4 members (excludes halogenated alkanes) is 1. The van der Waals surface area contributed by atoms with Crippen LogP contribution in [0.4, 0.5) is 27.6 Å². The fourth-order valence-electron chi connectivity index (χ4n) is 3.00. The summed E-state index contributed by atoms with van der Waals surface area (Å²) in [4.78, 5) is 12.7. The molecule has 0 saturated heterocycles. The summed E-state index contributed by atoms with van der Waals surface area (Å²) in [6, 6.07) is 4.84. The summed E-state index contributed by atoms with van der Waals surface area (Å²) in [6.07, 6.45) is 3.17. The van der Waals surface area contributed by atoms with E-state index in [0.717, 1.165) is 12.8 Å². The zero-order valence-electron chi connectivity index (χ0n) is 17.4. The predicted octanol–water partition coefficient (Wildman–Crippen LogP) is 5.38. The first-order valence-electron chi connectivity index (χ1n) is 9.65. The minimum Gasteiger partial charge on any atom is -0.493 e. The van der Waals surface area contributed by atoms with Gasteiger partial charge in [0, 0.05) is 0 Å². The van der Waals surface area contributed by atoms with Crippen molar-refractivity contribution in [3.05, 3.63) is 58.4 Å². The number of benzene rings is 2. The molecule has 1 aliphatic heterocycles. The van der Waals surface area contributed by atoms with Crippen LogP contribution in [-0.2, 0) is 4.79 Å². The number of anilines is 1. The van der Waals surface area contributed by atoms with Gasteiger partial charge in [0.15, 0.2) is 34.8 Å². The molecule has 2 aromatic rings. The first-order chi connectivity index (χ1) is 15.2. The molecule has 3 rings (SSSR count). The molecular weight excluding hydrogens is 435 g/mol. The first-order valence-corrected chi connectivity index (χ1v) is 9.65. The highest BCUT2D eigenvalue weighted by Crippen LogP contribution is 2.35. The van der Waals surface area contributed by atoms with E-state index in [-0.39, 0.29) is 16.3 Å². The highest BCUT2D eigenvalue weighted by molar-refractivity contribution is 6.32. The zero-order chi connectivity index (χ0) is 23.6. The van der Waals surface area contributed by atoms with E-state index in [9.17, 15) is 26.7 Å². The van der Waals surface area contributed by atoms with Gasteiger partial charge in [-0.2, -0.15) is 10.1 Å². The van der Waals surface area contributed by atoms with Crippen LogP contribution in [0.5, 0.6) is 11.5 Å². The van der Waals surface area contributed by atoms with Gasteiger partial charge in [-0.3, -0.25) is 4.79 Å². The fraction of sp³-hybridized carbons (Fsp3) is 0.273. The quantitative estimate of drug-likeness (QED) is 0.186.